The van der Waals surface area contributed by atoms with Crippen molar-refractivity contribution in [1.29, 1.82) is 0 Å². The lowest BCUT2D eigenvalue weighted by molar-refractivity contribution is -0.116. The average Bonchev–Trinajstić information content (AvgIpc) is 2.89. The Bertz CT molecular complexity index is 607. The number of allylic oxidation sites excluding steroid dienone is 1. The van der Waals surface area contributed by atoms with Crippen LogP contribution in [0.1, 0.15) is 58.3 Å². The minimum absolute atomic E-state index is 0.380. The second-order valence-electron chi connectivity index (χ2n) is 9.09. The van der Waals surface area contributed by atoms with Gasteiger partial charge in [0.15, 0.2) is 5.78 Å². The number of carbonyl (C=O) groups is 1. The molecule has 2 heteroatoms. The first-order chi connectivity index (χ1) is 10.1. The Morgan fingerprint density at radius 1 is 1.14 bits per heavy atom. The number of carbonyl (C=O) groups excluding carboxylic acids is 1. The maximum absolute atomic E-state index is 11.9. The Morgan fingerprint density at radius 2 is 2.05 bits per heavy atom. The van der Waals surface area contributed by atoms with Gasteiger partial charge in [-0.05, 0) is 68.3 Å². The number of fused-ring (bicyclic) bond motifs is 2. The fraction of sp³-hybridized carbons (Fsp3) is 0.842. The Morgan fingerprint density at radius 3 is 2.95 bits per heavy atom. The number of ether oxygens (including phenoxy) is 1. The molecule has 0 amide bonds. The zero-order valence-electron chi connectivity index (χ0n) is 12.9. The summed E-state index contributed by atoms with van der Waals surface area (Å²) in [6.07, 6.45) is 12.9. The van der Waals surface area contributed by atoms with Gasteiger partial charge in [0.1, 0.15) is 0 Å². The van der Waals surface area contributed by atoms with Gasteiger partial charge in [-0.2, -0.15) is 0 Å². The lowest BCUT2D eigenvalue weighted by Crippen LogP contribution is -2.49. The van der Waals surface area contributed by atoms with Gasteiger partial charge >= 0.3 is 0 Å². The normalized spacial score (nSPS) is 62.7. The van der Waals surface area contributed by atoms with Gasteiger partial charge in [-0.15, -0.1) is 0 Å². The Labute approximate surface area is 126 Å². The molecule has 0 radical (unpaired) electrons. The van der Waals surface area contributed by atoms with E-state index in [2.05, 4.69) is 6.92 Å². The van der Waals surface area contributed by atoms with Gasteiger partial charge in [-0.25, -0.2) is 0 Å². The van der Waals surface area contributed by atoms with Crippen molar-refractivity contribution < 1.29 is 9.53 Å². The van der Waals surface area contributed by atoms with Crippen molar-refractivity contribution in [2.24, 2.45) is 28.1 Å². The smallest absolute Gasteiger partial charge is 0.155 e. The molecule has 1 saturated heterocycles. The van der Waals surface area contributed by atoms with Gasteiger partial charge in [-0.3, -0.25) is 4.79 Å². The van der Waals surface area contributed by atoms with E-state index < -0.39 is 0 Å². The van der Waals surface area contributed by atoms with Crippen LogP contribution in [-0.4, -0.2) is 18.0 Å². The molecule has 0 aromatic carbocycles. The molecule has 0 aromatic heterocycles. The standard InChI is InChI=1S/C19H24O2/c1-17-9-16-19-10-18(19)7-6-12(20)8-11(18)2-3-14(19)13(17)4-5-15(17)21-16/h8,13-16H,2-7,9-10H2,1H3/t13-,14-,15+,16-,17+,18+,19-/m0/s1. The van der Waals surface area contributed by atoms with Crippen molar-refractivity contribution in [2.75, 3.05) is 0 Å². The van der Waals surface area contributed by atoms with Crippen LogP contribution in [0.2, 0.25) is 0 Å². The lowest BCUT2D eigenvalue weighted by atomic mass is 9.52. The molecule has 6 rings (SSSR count). The molecule has 21 heavy (non-hydrogen) atoms. The number of hydrogen-bond donors (Lipinski definition) is 0. The summed E-state index contributed by atoms with van der Waals surface area (Å²) >= 11 is 0. The summed E-state index contributed by atoms with van der Waals surface area (Å²) in [6, 6.07) is 0. The number of rotatable bonds is 0. The molecule has 1 aliphatic heterocycles. The molecule has 0 aromatic rings. The predicted molar refractivity (Wildman–Crippen MR) is 78.6 cm³/mol. The third-order valence-electron chi connectivity index (χ3n) is 8.83. The SMILES string of the molecule is C[C@]12C[C@@H]3O[C@@H]1CC[C@H]2[C@@H]1CCC2=CC(=O)CC[C@@]24C[C@@]314. The van der Waals surface area contributed by atoms with Crippen molar-refractivity contribution in [3.63, 3.8) is 0 Å². The van der Waals surface area contributed by atoms with Crippen molar-refractivity contribution in [3.05, 3.63) is 11.6 Å². The van der Waals surface area contributed by atoms with Gasteiger partial charge in [0, 0.05) is 17.3 Å². The van der Waals surface area contributed by atoms with Crippen LogP contribution in [0.4, 0.5) is 0 Å². The maximum Gasteiger partial charge on any atom is 0.155 e. The second-order valence-corrected chi connectivity index (χ2v) is 9.09. The largest absolute Gasteiger partial charge is 0.374 e. The summed E-state index contributed by atoms with van der Waals surface area (Å²) in [7, 11) is 0. The highest BCUT2D eigenvalue weighted by Gasteiger charge is 2.82. The first kappa shape index (κ1) is 11.9. The van der Waals surface area contributed by atoms with Gasteiger partial charge in [0.05, 0.1) is 12.2 Å². The third-order valence-corrected chi connectivity index (χ3v) is 8.83. The molecular weight excluding hydrogens is 260 g/mol. The first-order valence-corrected chi connectivity index (χ1v) is 9.00. The minimum Gasteiger partial charge on any atom is -0.374 e. The van der Waals surface area contributed by atoms with E-state index >= 15 is 0 Å². The van der Waals surface area contributed by atoms with E-state index in [1.807, 2.05) is 6.08 Å². The maximum atomic E-state index is 11.9. The zero-order chi connectivity index (χ0) is 14.0. The molecule has 5 fully saturated rings. The molecule has 0 unspecified atom stereocenters. The summed E-state index contributed by atoms with van der Waals surface area (Å²) in [4.78, 5) is 11.9. The molecule has 5 aliphatic carbocycles. The molecule has 6 aliphatic rings. The van der Waals surface area contributed by atoms with Crippen molar-refractivity contribution in [3.8, 4) is 0 Å². The van der Waals surface area contributed by atoms with E-state index in [0.717, 1.165) is 24.7 Å². The molecule has 1 heterocycles. The van der Waals surface area contributed by atoms with Gasteiger partial charge in [0.25, 0.3) is 0 Å². The molecule has 112 valence electrons. The highest BCUT2D eigenvalue weighted by molar-refractivity contribution is 5.92. The van der Waals surface area contributed by atoms with Crippen LogP contribution in [0.3, 0.4) is 0 Å². The van der Waals surface area contributed by atoms with E-state index in [0.29, 0.717) is 34.2 Å². The van der Waals surface area contributed by atoms with Crippen molar-refractivity contribution in [1.82, 2.24) is 0 Å². The zero-order valence-corrected chi connectivity index (χ0v) is 12.9. The van der Waals surface area contributed by atoms with E-state index in [-0.39, 0.29) is 0 Å². The highest BCUT2D eigenvalue weighted by Crippen LogP contribution is 2.86. The van der Waals surface area contributed by atoms with Gasteiger partial charge < -0.3 is 4.74 Å². The quantitative estimate of drug-likeness (QED) is 0.678. The molecular formula is C19H24O2. The Balaban J connectivity index is 1.52. The molecule has 0 N–H and O–H groups in total. The number of ketones is 1. The highest BCUT2D eigenvalue weighted by atomic mass is 16.5. The minimum atomic E-state index is 0.380. The molecule has 2 spiro atoms. The summed E-state index contributed by atoms with van der Waals surface area (Å²) in [5.74, 6) is 2.17. The average molecular weight is 284 g/mol. The van der Waals surface area contributed by atoms with Gasteiger partial charge in [-0.1, -0.05) is 12.5 Å². The Kier molecular flexibility index (Phi) is 1.80. The summed E-state index contributed by atoms with van der Waals surface area (Å²) in [5, 5.41) is 0. The second kappa shape index (κ2) is 3.18. The Hall–Kier alpha value is -0.630. The van der Waals surface area contributed by atoms with E-state index in [1.165, 1.54) is 44.1 Å². The fourth-order valence-electron chi connectivity index (χ4n) is 8.02. The number of hydrogen-bond acceptors (Lipinski definition) is 2. The topological polar surface area (TPSA) is 26.3 Å². The molecule has 7 atom stereocenters. The van der Waals surface area contributed by atoms with Crippen LogP contribution in [0, 0.1) is 28.1 Å². The van der Waals surface area contributed by atoms with E-state index in [9.17, 15) is 4.79 Å². The van der Waals surface area contributed by atoms with Crippen LogP contribution in [-0.2, 0) is 9.53 Å². The van der Waals surface area contributed by atoms with Crippen LogP contribution in [0.5, 0.6) is 0 Å². The third kappa shape index (κ3) is 1.03. The fourth-order valence-corrected chi connectivity index (χ4v) is 8.02. The monoisotopic (exact) mass is 284 g/mol. The van der Waals surface area contributed by atoms with Crippen molar-refractivity contribution in [2.45, 2.75) is 70.5 Å². The van der Waals surface area contributed by atoms with Crippen LogP contribution in [0.15, 0.2) is 11.6 Å². The van der Waals surface area contributed by atoms with E-state index in [1.54, 1.807) is 0 Å². The summed E-state index contributed by atoms with van der Waals surface area (Å²) in [6.45, 7) is 2.52. The lowest BCUT2D eigenvalue weighted by Gasteiger charge is -2.51. The van der Waals surface area contributed by atoms with Crippen molar-refractivity contribution >= 4 is 5.78 Å². The summed E-state index contributed by atoms with van der Waals surface area (Å²) in [5.41, 5.74) is 2.83. The predicted octanol–water partition coefficient (Wildman–Crippen LogP) is 3.65. The summed E-state index contributed by atoms with van der Waals surface area (Å²) < 4.78 is 6.65. The van der Waals surface area contributed by atoms with Crippen LogP contribution < -0.4 is 0 Å². The molecule has 2 bridgehead atoms. The van der Waals surface area contributed by atoms with E-state index in [4.69, 9.17) is 4.74 Å². The molecule has 4 saturated carbocycles. The van der Waals surface area contributed by atoms with Crippen LogP contribution in [0.25, 0.3) is 0 Å². The molecule has 2 nitrogen and oxygen atoms in total. The first-order valence-electron chi connectivity index (χ1n) is 9.00. The van der Waals surface area contributed by atoms with Gasteiger partial charge in [0.2, 0.25) is 0 Å². The van der Waals surface area contributed by atoms with Crippen LogP contribution >= 0.6 is 0 Å².